The number of phenolic OH excluding ortho intramolecular Hbond substituents is 1. The standard InChI is InChI=1S/C22H26N2O2/c1-15-7-6-10-20(21(15)25)22(26)24-23-16(2)17-11-13-19(14-12-17)18-8-4-3-5-9-18/h6-7,10-14,18,25H,3-5,8-9H2,1-2H3,(H,24,26)/b23-16-. The van der Waals surface area contributed by atoms with Gasteiger partial charge in [-0.3, -0.25) is 4.79 Å². The Balaban J connectivity index is 1.67. The van der Waals surface area contributed by atoms with Gasteiger partial charge in [-0.2, -0.15) is 5.10 Å². The van der Waals surface area contributed by atoms with E-state index in [1.165, 1.54) is 37.7 Å². The van der Waals surface area contributed by atoms with Gasteiger partial charge in [0.25, 0.3) is 5.91 Å². The van der Waals surface area contributed by atoms with Gasteiger partial charge in [0.15, 0.2) is 0 Å². The number of nitrogens with one attached hydrogen (secondary N) is 1. The molecule has 0 saturated heterocycles. The zero-order valence-corrected chi connectivity index (χ0v) is 15.5. The molecular formula is C22H26N2O2. The fourth-order valence-corrected chi connectivity index (χ4v) is 3.53. The van der Waals surface area contributed by atoms with Crippen molar-refractivity contribution >= 4 is 11.6 Å². The summed E-state index contributed by atoms with van der Waals surface area (Å²) in [6, 6.07) is 13.6. The Labute approximate surface area is 155 Å². The first-order chi connectivity index (χ1) is 12.6. The van der Waals surface area contributed by atoms with E-state index < -0.39 is 5.91 Å². The molecule has 1 aliphatic rings. The van der Waals surface area contributed by atoms with Crippen molar-refractivity contribution in [2.45, 2.75) is 51.9 Å². The third-order valence-electron chi connectivity index (χ3n) is 5.21. The fraction of sp³-hybridized carbons (Fsp3) is 0.364. The number of rotatable bonds is 4. The predicted molar refractivity (Wildman–Crippen MR) is 105 cm³/mol. The van der Waals surface area contributed by atoms with Gasteiger partial charge in [-0.1, -0.05) is 55.7 Å². The van der Waals surface area contributed by atoms with Gasteiger partial charge in [0.1, 0.15) is 5.75 Å². The van der Waals surface area contributed by atoms with Gasteiger partial charge in [0.2, 0.25) is 0 Å². The van der Waals surface area contributed by atoms with Crippen LogP contribution in [-0.2, 0) is 0 Å². The molecule has 0 unspecified atom stereocenters. The SMILES string of the molecule is C/C(=N/NC(=O)c1cccc(C)c1O)c1ccc(C2CCCCC2)cc1. The monoisotopic (exact) mass is 350 g/mol. The zero-order chi connectivity index (χ0) is 18.5. The molecule has 0 bridgehead atoms. The van der Waals surface area contributed by atoms with Crippen LogP contribution in [0.2, 0.25) is 0 Å². The molecule has 4 heteroatoms. The Kier molecular flexibility index (Phi) is 5.71. The second-order valence-corrected chi connectivity index (χ2v) is 7.07. The Hall–Kier alpha value is -2.62. The molecule has 0 aromatic heterocycles. The van der Waals surface area contributed by atoms with Crippen LogP contribution in [0, 0.1) is 6.92 Å². The van der Waals surface area contributed by atoms with Gasteiger partial charge in [0.05, 0.1) is 11.3 Å². The van der Waals surface area contributed by atoms with Gasteiger partial charge in [-0.15, -0.1) is 0 Å². The highest BCUT2D eigenvalue weighted by Crippen LogP contribution is 2.32. The summed E-state index contributed by atoms with van der Waals surface area (Å²) in [4.78, 5) is 12.2. The fourth-order valence-electron chi connectivity index (χ4n) is 3.53. The van der Waals surface area contributed by atoms with Gasteiger partial charge >= 0.3 is 0 Å². The number of hydrogen-bond acceptors (Lipinski definition) is 3. The summed E-state index contributed by atoms with van der Waals surface area (Å²) < 4.78 is 0. The number of para-hydroxylation sites is 1. The van der Waals surface area contributed by atoms with Crippen LogP contribution in [-0.4, -0.2) is 16.7 Å². The van der Waals surface area contributed by atoms with Crippen molar-refractivity contribution in [1.29, 1.82) is 0 Å². The highest BCUT2D eigenvalue weighted by Gasteiger charge is 2.15. The molecule has 1 fully saturated rings. The predicted octanol–water partition coefficient (Wildman–Crippen LogP) is 4.90. The third-order valence-corrected chi connectivity index (χ3v) is 5.21. The zero-order valence-electron chi connectivity index (χ0n) is 15.5. The lowest BCUT2D eigenvalue weighted by Gasteiger charge is -2.22. The topological polar surface area (TPSA) is 61.7 Å². The second kappa shape index (κ2) is 8.17. The Morgan fingerprint density at radius 1 is 1.08 bits per heavy atom. The lowest BCUT2D eigenvalue weighted by molar-refractivity contribution is 0.0952. The van der Waals surface area contributed by atoms with Crippen LogP contribution in [0.15, 0.2) is 47.6 Å². The van der Waals surface area contributed by atoms with E-state index in [2.05, 4.69) is 34.8 Å². The molecule has 26 heavy (non-hydrogen) atoms. The largest absolute Gasteiger partial charge is 0.507 e. The average molecular weight is 350 g/mol. The molecule has 2 aromatic carbocycles. The first-order valence-electron chi connectivity index (χ1n) is 9.30. The molecule has 4 nitrogen and oxygen atoms in total. The minimum absolute atomic E-state index is 0.00492. The van der Waals surface area contributed by atoms with Crippen LogP contribution in [0.3, 0.4) is 0 Å². The van der Waals surface area contributed by atoms with Gasteiger partial charge in [-0.05, 0) is 55.4 Å². The van der Waals surface area contributed by atoms with E-state index in [-0.39, 0.29) is 11.3 Å². The molecule has 1 amide bonds. The third kappa shape index (κ3) is 4.13. The highest BCUT2D eigenvalue weighted by atomic mass is 16.3. The molecule has 2 aromatic rings. The first kappa shape index (κ1) is 18.2. The molecule has 3 rings (SSSR count). The van der Waals surface area contributed by atoms with E-state index in [1.54, 1.807) is 25.1 Å². The maximum Gasteiger partial charge on any atom is 0.275 e. The first-order valence-corrected chi connectivity index (χ1v) is 9.30. The average Bonchev–Trinajstić information content (AvgIpc) is 2.69. The van der Waals surface area contributed by atoms with Gasteiger partial charge < -0.3 is 5.11 Å². The number of aryl methyl sites for hydroxylation is 1. The molecule has 1 saturated carbocycles. The summed E-state index contributed by atoms with van der Waals surface area (Å²) in [7, 11) is 0. The van der Waals surface area contributed by atoms with Crippen molar-refractivity contribution in [3.05, 3.63) is 64.7 Å². The molecule has 0 spiro atoms. The van der Waals surface area contributed by atoms with Crippen LogP contribution >= 0.6 is 0 Å². The van der Waals surface area contributed by atoms with Crippen molar-refractivity contribution in [3.8, 4) is 5.75 Å². The number of carbonyl (C=O) groups excluding carboxylic acids is 1. The van der Waals surface area contributed by atoms with E-state index in [4.69, 9.17) is 0 Å². The molecule has 0 radical (unpaired) electrons. The minimum atomic E-state index is -0.413. The number of benzene rings is 2. The smallest absolute Gasteiger partial charge is 0.275 e. The number of nitrogens with zero attached hydrogens (tertiary/aromatic N) is 1. The summed E-state index contributed by atoms with van der Waals surface area (Å²) in [5.41, 5.74) is 6.55. The summed E-state index contributed by atoms with van der Waals surface area (Å²) >= 11 is 0. The summed E-state index contributed by atoms with van der Waals surface area (Å²) in [5, 5.41) is 14.2. The second-order valence-electron chi connectivity index (χ2n) is 7.07. The van der Waals surface area contributed by atoms with E-state index >= 15 is 0 Å². The van der Waals surface area contributed by atoms with Gasteiger partial charge in [0, 0.05) is 0 Å². The molecule has 0 aliphatic heterocycles. The van der Waals surface area contributed by atoms with Crippen molar-refractivity contribution < 1.29 is 9.90 Å². The Morgan fingerprint density at radius 3 is 2.46 bits per heavy atom. The number of amides is 1. The number of hydrogen-bond donors (Lipinski definition) is 2. The van der Waals surface area contributed by atoms with Crippen LogP contribution in [0.4, 0.5) is 0 Å². The van der Waals surface area contributed by atoms with Crippen LogP contribution in [0.25, 0.3) is 0 Å². The number of phenols is 1. The maximum atomic E-state index is 12.2. The summed E-state index contributed by atoms with van der Waals surface area (Å²) in [6.07, 6.45) is 6.57. The normalized spacial score (nSPS) is 15.7. The number of carbonyl (C=O) groups is 1. The Morgan fingerprint density at radius 2 is 1.77 bits per heavy atom. The number of aromatic hydroxyl groups is 1. The van der Waals surface area contributed by atoms with E-state index in [9.17, 15) is 9.90 Å². The van der Waals surface area contributed by atoms with Crippen molar-refractivity contribution in [3.63, 3.8) is 0 Å². The van der Waals surface area contributed by atoms with Crippen LogP contribution in [0.5, 0.6) is 5.75 Å². The van der Waals surface area contributed by atoms with Crippen molar-refractivity contribution in [2.24, 2.45) is 5.10 Å². The molecule has 136 valence electrons. The van der Waals surface area contributed by atoms with Gasteiger partial charge in [-0.25, -0.2) is 5.43 Å². The van der Waals surface area contributed by atoms with Crippen molar-refractivity contribution in [1.82, 2.24) is 5.43 Å². The molecule has 0 atom stereocenters. The maximum absolute atomic E-state index is 12.2. The van der Waals surface area contributed by atoms with E-state index in [0.717, 1.165) is 11.3 Å². The van der Waals surface area contributed by atoms with E-state index in [0.29, 0.717) is 11.5 Å². The minimum Gasteiger partial charge on any atom is -0.507 e. The summed E-state index contributed by atoms with van der Waals surface area (Å²) in [6.45, 7) is 3.63. The lowest BCUT2D eigenvalue weighted by atomic mass is 9.84. The molecular weight excluding hydrogens is 324 g/mol. The van der Waals surface area contributed by atoms with Crippen LogP contribution < -0.4 is 5.43 Å². The number of hydrazone groups is 1. The Bertz CT molecular complexity index is 803. The molecule has 0 heterocycles. The molecule has 1 aliphatic carbocycles. The van der Waals surface area contributed by atoms with Crippen LogP contribution in [0.1, 0.15) is 72.0 Å². The molecule has 2 N–H and O–H groups in total. The van der Waals surface area contributed by atoms with E-state index in [1.807, 2.05) is 6.92 Å². The lowest BCUT2D eigenvalue weighted by Crippen LogP contribution is -2.19. The highest BCUT2D eigenvalue weighted by molar-refractivity contribution is 6.01. The van der Waals surface area contributed by atoms with Crippen molar-refractivity contribution in [2.75, 3.05) is 0 Å². The summed E-state index contributed by atoms with van der Waals surface area (Å²) in [5.74, 6) is 0.262. The quantitative estimate of drug-likeness (QED) is 0.608.